The Labute approximate surface area is 122 Å². The summed E-state index contributed by atoms with van der Waals surface area (Å²) < 4.78 is 5.84. The zero-order chi connectivity index (χ0) is 15.3. The Balaban J connectivity index is 2.71. The number of hydrogen-bond donors (Lipinski definition) is 1. The van der Waals surface area contributed by atoms with E-state index in [1.807, 2.05) is 31.2 Å². The van der Waals surface area contributed by atoms with E-state index in [2.05, 4.69) is 33.0 Å². The second kappa shape index (κ2) is 7.32. The predicted molar refractivity (Wildman–Crippen MR) is 83.1 cm³/mol. The summed E-state index contributed by atoms with van der Waals surface area (Å²) in [4.78, 5) is 12.1. The predicted octanol–water partition coefficient (Wildman–Crippen LogP) is 3.74. The van der Waals surface area contributed by atoms with E-state index in [1.54, 1.807) is 6.92 Å². The number of benzene rings is 1. The van der Waals surface area contributed by atoms with Crippen LogP contribution in [0.15, 0.2) is 24.3 Å². The molecule has 1 rings (SSSR count). The van der Waals surface area contributed by atoms with Crippen LogP contribution in [-0.2, 0) is 4.79 Å². The zero-order valence-corrected chi connectivity index (χ0v) is 13.4. The maximum atomic E-state index is 12.1. The molecule has 2 atom stereocenters. The fraction of sp³-hybridized carbons (Fsp3) is 0.588. The number of carbonyl (C=O) groups is 1. The standard InChI is InChI=1S/C17H27NO2/c1-11(2)13(5)18-17(19)14(6)20-16-10-8-7-9-15(16)12(3)4/h7-14H,1-6H3,(H,18,19)/t13-,14+/m1/s1. The van der Waals surface area contributed by atoms with Crippen LogP contribution in [0.2, 0.25) is 0 Å². The molecule has 112 valence electrons. The van der Waals surface area contributed by atoms with Crippen LogP contribution in [0.5, 0.6) is 5.75 Å². The Morgan fingerprint density at radius 3 is 2.20 bits per heavy atom. The molecule has 0 aliphatic heterocycles. The molecule has 1 amide bonds. The van der Waals surface area contributed by atoms with Crippen LogP contribution in [0.3, 0.4) is 0 Å². The van der Waals surface area contributed by atoms with E-state index in [9.17, 15) is 4.79 Å². The first-order valence-corrected chi connectivity index (χ1v) is 7.38. The molecule has 3 heteroatoms. The normalized spacial score (nSPS) is 14.2. The van der Waals surface area contributed by atoms with Gasteiger partial charge < -0.3 is 10.1 Å². The Kier molecular flexibility index (Phi) is 6.05. The van der Waals surface area contributed by atoms with Crippen molar-refractivity contribution in [2.75, 3.05) is 0 Å². The third-order valence-corrected chi connectivity index (χ3v) is 3.58. The summed E-state index contributed by atoms with van der Waals surface area (Å²) >= 11 is 0. The molecule has 1 aromatic rings. The van der Waals surface area contributed by atoms with Crippen molar-refractivity contribution in [3.8, 4) is 5.75 Å². The lowest BCUT2D eigenvalue weighted by Crippen LogP contribution is -2.43. The Morgan fingerprint density at radius 1 is 1.05 bits per heavy atom. The first-order chi connectivity index (χ1) is 9.32. The molecule has 0 unspecified atom stereocenters. The average Bonchev–Trinajstić information content (AvgIpc) is 2.38. The van der Waals surface area contributed by atoms with Gasteiger partial charge in [-0.1, -0.05) is 45.9 Å². The molecule has 0 spiro atoms. The molecule has 0 aromatic heterocycles. The Bertz CT molecular complexity index is 440. The second-order valence-electron chi connectivity index (χ2n) is 5.99. The van der Waals surface area contributed by atoms with Crippen LogP contribution in [0.25, 0.3) is 0 Å². The van der Waals surface area contributed by atoms with Crippen LogP contribution in [0, 0.1) is 5.92 Å². The summed E-state index contributed by atoms with van der Waals surface area (Å²) in [6.07, 6.45) is -0.490. The molecular formula is C17H27NO2. The Morgan fingerprint density at radius 2 is 1.65 bits per heavy atom. The minimum atomic E-state index is -0.490. The van der Waals surface area contributed by atoms with Crippen molar-refractivity contribution in [3.05, 3.63) is 29.8 Å². The first-order valence-electron chi connectivity index (χ1n) is 7.38. The fourth-order valence-corrected chi connectivity index (χ4v) is 1.82. The number of rotatable bonds is 6. The largest absolute Gasteiger partial charge is 0.481 e. The van der Waals surface area contributed by atoms with Gasteiger partial charge in [0.2, 0.25) is 0 Å². The highest BCUT2D eigenvalue weighted by Crippen LogP contribution is 2.26. The molecule has 1 N–H and O–H groups in total. The van der Waals surface area contributed by atoms with E-state index in [4.69, 9.17) is 4.74 Å². The second-order valence-corrected chi connectivity index (χ2v) is 5.99. The van der Waals surface area contributed by atoms with Gasteiger partial charge in [0.05, 0.1) is 0 Å². The van der Waals surface area contributed by atoms with Crippen molar-refractivity contribution in [1.82, 2.24) is 5.32 Å². The summed E-state index contributed by atoms with van der Waals surface area (Å²) in [5.74, 6) is 1.51. The number of carbonyl (C=O) groups excluding carboxylic acids is 1. The molecular weight excluding hydrogens is 250 g/mol. The van der Waals surface area contributed by atoms with Gasteiger partial charge in [0, 0.05) is 6.04 Å². The first kappa shape index (κ1) is 16.5. The molecule has 20 heavy (non-hydrogen) atoms. The van der Waals surface area contributed by atoms with Gasteiger partial charge in [-0.2, -0.15) is 0 Å². The molecule has 1 aromatic carbocycles. The topological polar surface area (TPSA) is 38.3 Å². The van der Waals surface area contributed by atoms with E-state index in [1.165, 1.54) is 0 Å². The number of hydrogen-bond acceptors (Lipinski definition) is 2. The third kappa shape index (κ3) is 4.55. The fourth-order valence-electron chi connectivity index (χ4n) is 1.82. The van der Waals surface area contributed by atoms with Crippen LogP contribution in [0.4, 0.5) is 0 Å². The molecule has 0 heterocycles. The van der Waals surface area contributed by atoms with Gasteiger partial charge >= 0.3 is 0 Å². The van der Waals surface area contributed by atoms with E-state index >= 15 is 0 Å². The number of ether oxygens (including phenoxy) is 1. The van der Waals surface area contributed by atoms with Gasteiger partial charge in [0.1, 0.15) is 5.75 Å². The van der Waals surface area contributed by atoms with Crippen molar-refractivity contribution < 1.29 is 9.53 Å². The van der Waals surface area contributed by atoms with Crippen molar-refractivity contribution in [2.45, 2.75) is 59.6 Å². The SMILES string of the molecule is CC(C)c1ccccc1O[C@@H](C)C(=O)N[C@H](C)C(C)C. The van der Waals surface area contributed by atoms with E-state index in [0.29, 0.717) is 11.8 Å². The summed E-state index contributed by atoms with van der Waals surface area (Å²) in [6.45, 7) is 12.2. The van der Waals surface area contributed by atoms with Gasteiger partial charge in [-0.15, -0.1) is 0 Å². The van der Waals surface area contributed by atoms with Gasteiger partial charge in [0.15, 0.2) is 6.10 Å². The van der Waals surface area contributed by atoms with Gasteiger partial charge in [-0.3, -0.25) is 4.79 Å². The summed E-state index contributed by atoms with van der Waals surface area (Å²) in [5.41, 5.74) is 1.13. The summed E-state index contributed by atoms with van der Waals surface area (Å²) in [7, 11) is 0. The molecule has 0 saturated carbocycles. The number of amides is 1. The maximum absolute atomic E-state index is 12.1. The monoisotopic (exact) mass is 277 g/mol. The maximum Gasteiger partial charge on any atom is 0.260 e. The highest BCUT2D eigenvalue weighted by atomic mass is 16.5. The molecule has 0 aliphatic carbocycles. The summed E-state index contributed by atoms with van der Waals surface area (Å²) in [6, 6.07) is 8.04. The lowest BCUT2D eigenvalue weighted by molar-refractivity contribution is -0.128. The minimum Gasteiger partial charge on any atom is -0.481 e. The quantitative estimate of drug-likeness (QED) is 0.860. The van der Waals surface area contributed by atoms with E-state index in [0.717, 1.165) is 11.3 Å². The lowest BCUT2D eigenvalue weighted by Gasteiger charge is -2.22. The van der Waals surface area contributed by atoms with Crippen molar-refractivity contribution in [3.63, 3.8) is 0 Å². The van der Waals surface area contributed by atoms with Crippen LogP contribution in [0.1, 0.15) is 53.0 Å². The van der Waals surface area contributed by atoms with Crippen LogP contribution in [-0.4, -0.2) is 18.1 Å². The Hall–Kier alpha value is -1.51. The summed E-state index contributed by atoms with van der Waals surface area (Å²) in [5, 5.41) is 2.98. The molecule has 0 saturated heterocycles. The molecule has 3 nitrogen and oxygen atoms in total. The number of para-hydroxylation sites is 1. The van der Waals surface area contributed by atoms with E-state index < -0.39 is 6.10 Å². The van der Waals surface area contributed by atoms with Crippen molar-refractivity contribution in [2.24, 2.45) is 5.92 Å². The molecule has 0 aliphatic rings. The third-order valence-electron chi connectivity index (χ3n) is 3.58. The number of nitrogens with one attached hydrogen (secondary N) is 1. The van der Waals surface area contributed by atoms with Crippen molar-refractivity contribution in [1.29, 1.82) is 0 Å². The van der Waals surface area contributed by atoms with Gasteiger partial charge in [0.25, 0.3) is 5.91 Å². The zero-order valence-electron chi connectivity index (χ0n) is 13.4. The van der Waals surface area contributed by atoms with Gasteiger partial charge in [-0.05, 0) is 37.3 Å². The van der Waals surface area contributed by atoms with E-state index in [-0.39, 0.29) is 11.9 Å². The van der Waals surface area contributed by atoms with Crippen LogP contribution < -0.4 is 10.1 Å². The molecule has 0 radical (unpaired) electrons. The van der Waals surface area contributed by atoms with Gasteiger partial charge in [-0.25, -0.2) is 0 Å². The highest BCUT2D eigenvalue weighted by molar-refractivity contribution is 5.81. The minimum absolute atomic E-state index is 0.0650. The molecule has 0 fully saturated rings. The average molecular weight is 277 g/mol. The lowest BCUT2D eigenvalue weighted by atomic mass is 10.0. The molecule has 0 bridgehead atoms. The highest BCUT2D eigenvalue weighted by Gasteiger charge is 2.19. The smallest absolute Gasteiger partial charge is 0.260 e. The van der Waals surface area contributed by atoms with Crippen LogP contribution >= 0.6 is 0 Å². The van der Waals surface area contributed by atoms with Crippen molar-refractivity contribution >= 4 is 5.91 Å².